The quantitative estimate of drug-likeness (QED) is 0.716. The molecule has 8 nitrogen and oxygen atoms in total. The summed E-state index contributed by atoms with van der Waals surface area (Å²) in [7, 11) is 3.54. The lowest BCUT2D eigenvalue weighted by atomic mass is 10.1. The second kappa shape index (κ2) is 9.05. The number of hydrogen-bond donors (Lipinski definition) is 2. The molecule has 3 rings (SSSR count). The Morgan fingerprint density at radius 2 is 2.21 bits per heavy atom. The van der Waals surface area contributed by atoms with Crippen LogP contribution in [0, 0.1) is 0 Å². The van der Waals surface area contributed by atoms with Crippen LogP contribution < -0.4 is 20.3 Å². The summed E-state index contributed by atoms with van der Waals surface area (Å²) in [6.45, 7) is 3.45. The van der Waals surface area contributed by atoms with Crippen molar-refractivity contribution >= 4 is 23.8 Å². The number of likely N-dealkylation sites (N-methyl/N-ethyl adjacent to an activating group) is 2. The highest BCUT2D eigenvalue weighted by molar-refractivity contribution is 6.02. The van der Waals surface area contributed by atoms with Crippen molar-refractivity contribution in [3.05, 3.63) is 23.3 Å². The van der Waals surface area contributed by atoms with E-state index < -0.39 is 6.04 Å². The fourth-order valence-electron chi connectivity index (χ4n) is 3.77. The van der Waals surface area contributed by atoms with E-state index in [-0.39, 0.29) is 18.2 Å². The summed E-state index contributed by atoms with van der Waals surface area (Å²) in [6.07, 6.45) is 2.18. The lowest BCUT2D eigenvalue weighted by Gasteiger charge is -2.27. The summed E-state index contributed by atoms with van der Waals surface area (Å²) < 4.78 is 6.10. The van der Waals surface area contributed by atoms with Crippen LogP contribution in [-0.2, 0) is 16.1 Å². The molecule has 8 heteroatoms. The number of amides is 2. The molecule has 0 fully saturated rings. The van der Waals surface area contributed by atoms with Crippen molar-refractivity contribution in [1.82, 2.24) is 15.5 Å². The molecular weight excluding hydrogens is 360 g/mol. The van der Waals surface area contributed by atoms with Crippen molar-refractivity contribution in [2.75, 3.05) is 45.2 Å². The van der Waals surface area contributed by atoms with Gasteiger partial charge >= 0.3 is 0 Å². The highest BCUT2D eigenvalue weighted by atomic mass is 16.5. The number of carbonyl (C=O) groups excluding carboxylic acids is 3. The van der Waals surface area contributed by atoms with Gasteiger partial charge in [-0.1, -0.05) is 0 Å². The van der Waals surface area contributed by atoms with E-state index in [0.29, 0.717) is 25.1 Å². The molecule has 28 heavy (non-hydrogen) atoms. The standard InChI is InChI=1S/C20H28N4O4/c1-21-19(26)17(5-3-11-25)24-13-15-14(20(24)27)6-7-16-18(15)28-12-4-8-22-9-10-23(16)2/h6-7,11,17,22H,3-5,8-10,12-13H2,1-2H3,(H,21,26). The number of fused-ring (bicyclic) bond motifs is 3. The van der Waals surface area contributed by atoms with Crippen molar-refractivity contribution in [2.24, 2.45) is 0 Å². The van der Waals surface area contributed by atoms with Crippen LogP contribution in [0.15, 0.2) is 12.1 Å². The first kappa shape index (κ1) is 20.1. The summed E-state index contributed by atoms with van der Waals surface area (Å²) in [5.74, 6) is 0.273. The predicted molar refractivity (Wildman–Crippen MR) is 106 cm³/mol. The van der Waals surface area contributed by atoms with Gasteiger partial charge in [-0.15, -0.1) is 0 Å². The second-order valence-corrected chi connectivity index (χ2v) is 7.12. The third-order valence-corrected chi connectivity index (χ3v) is 5.32. The van der Waals surface area contributed by atoms with Gasteiger partial charge < -0.3 is 30.0 Å². The summed E-state index contributed by atoms with van der Waals surface area (Å²) in [5.41, 5.74) is 2.34. The normalized spacial score (nSPS) is 18.0. The Morgan fingerprint density at radius 3 is 2.96 bits per heavy atom. The number of carbonyl (C=O) groups is 3. The molecule has 1 aromatic rings. The van der Waals surface area contributed by atoms with Crippen molar-refractivity contribution in [3.63, 3.8) is 0 Å². The molecule has 152 valence electrons. The zero-order valence-electron chi connectivity index (χ0n) is 16.5. The smallest absolute Gasteiger partial charge is 0.255 e. The Bertz CT molecular complexity index is 752. The van der Waals surface area contributed by atoms with Crippen LogP contribution in [-0.4, -0.2) is 69.4 Å². The zero-order valence-corrected chi connectivity index (χ0v) is 16.5. The first-order valence-electron chi connectivity index (χ1n) is 9.75. The van der Waals surface area contributed by atoms with Crippen LogP contribution in [0.2, 0.25) is 0 Å². The van der Waals surface area contributed by atoms with E-state index in [1.807, 2.05) is 19.2 Å². The van der Waals surface area contributed by atoms with Crippen LogP contribution in [0.3, 0.4) is 0 Å². The van der Waals surface area contributed by atoms with Gasteiger partial charge in [-0.3, -0.25) is 9.59 Å². The molecule has 0 bridgehead atoms. The first-order valence-corrected chi connectivity index (χ1v) is 9.75. The number of anilines is 1. The van der Waals surface area contributed by atoms with Gasteiger partial charge in [0.2, 0.25) is 5.91 Å². The maximum atomic E-state index is 13.0. The molecule has 2 amide bonds. The largest absolute Gasteiger partial charge is 0.491 e. The molecular formula is C20H28N4O4. The van der Waals surface area contributed by atoms with Gasteiger partial charge in [0, 0.05) is 44.7 Å². The van der Waals surface area contributed by atoms with Gasteiger partial charge in [0.1, 0.15) is 18.1 Å². The van der Waals surface area contributed by atoms with E-state index in [1.54, 1.807) is 4.90 Å². The number of ether oxygens (including phenoxy) is 1. The van der Waals surface area contributed by atoms with Gasteiger partial charge in [0.15, 0.2) is 0 Å². The fourth-order valence-corrected chi connectivity index (χ4v) is 3.77. The molecule has 2 aliphatic rings. The molecule has 0 spiro atoms. The van der Waals surface area contributed by atoms with Crippen molar-refractivity contribution in [2.45, 2.75) is 31.8 Å². The van der Waals surface area contributed by atoms with E-state index in [0.717, 1.165) is 49.3 Å². The van der Waals surface area contributed by atoms with Crippen molar-refractivity contribution < 1.29 is 19.1 Å². The lowest BCUT2D eigenvalue weighted by Crippen LogP contribution is -2.46. The number of rotatable bonds is 5. The summed E-state index contributed by atoms with van der Waals surface area (Å²) >= 11 is 0. The zero-order chi connectivity index (χ0) is 20.1. The number of nitrogens with zero attached hydrogens (tertiary/aromatic N) is 2. The minimum absolute atomic E-state index is 0.192. The van der Waals surface area contributed by atoms with Gasteiger partial charge in [-0.25, -0.2) is 0 Å². The average Bonchev–Trinajstić information content (AvgIpc) is 3.04. The Labute approximate surface area is 165 Å². The maximum Gasteiger partial charge on any atom is 0.255 e. The number of aldehydes is 1. The van der Waals surface area contributed by atoms with E-state index in [2.05, 4.69) is 15.5 Å². The van der Waals surface area contributed by atoms with Gasteiger partial charge in [0.25, 0.3) is 5.91 Å². The van der Waals surface area contributed by atoms with Crippen LogP contribution in [0.25, 0.3) is 0 Å². The first-order chi connectivity index (χ1) is 13.6. The number of benzene rings is 1. The highest BCUT2D eigenvalue weighted by Crippen LogP contribution is 2.40. The van der Waals surface area contributed by atoms with E-state index in [9.17, 15) is 14.4 Å². The highest BCUT2D eigenvalue weighted by Gasteiger charge is 2.38. The van der Waals surface area contributed by atoms with Gasteiger partial charge in [0.05, 0.1) is 18.8 Å². The SMILES string of the molecule is CNC(=O)C(CCC=O)N1Cc2c(ccc3c2OCCCNCCN3C)C1=O. The molecule has 2 aliphatic heterocycles. The van der Waals surface area contributed by atoms with E-state index in [4.69, 9.17) is 4.74 Å². The Hall–Kier alpha value is -2.61. The monoisotopic (exact) mass is 388 g/mol. The summed E-state index contributed by atoms with van der Waals surface area (Å²) in [5, 5.41) is 5.98. The predicted octanol–water partition coefficient (Wildman–Crippen LogP) is 0.544. The molecule has 0 aliphatic carbocycles. The number of nitrogens with one attached hydrogen (secondary N) is 2. The van der Waals surface area contributed by atoms with Crippen molar-refractivity contribution in [3.8, 4) is 5.75 Å². The van der Waals surface area contributed by atoms with Crippen LogP contribution in [0.1, 0.15) is 35.2 Å². The Balaban J connectivity index is 1.95. The van der Waals surface area contributed by atoms with Crippen LogP contribution >= 0.6 is 0 Å². The Kier molecular flexibility index (Phi) is 6.51. The minimum atomic E-state index is -0.674. The molecule has 0 aromatic heterocycles. The molecule has 0 radical (unpaired) electrons. The molecule has 1 unspecified atom stereocenters. The van der Waals surface area contributed by atoms with Gasteiger partial charge in [-0.2, -0.15) is 0 Å². The van der Waals surface area contributed by atoms with E-state index in [1.165, 1.54) is 7.05 Å². The Morgan fingerprint density at radius 1 is 1.39 bits per heavy atom. The molecule has 2 heterocycles. The second-order valence-electron chi connectivity index (χ2n) is 7.12. The topological polar surface area (TPSA) is 91.0 Å². The molecule has 0 saturated carbocycles. The van der Waals surface area contributed by atoms with Crippen LogP contribution in [0.4, 0.5) is 5.69 Å². The average molecular weight is 388 g/mol. The minimum Gasteiger partial charge on any atom is -0.491 e. The van der Waals surface area contributed by atoms with Crippen molar-refractivity contribution in [1.29, 1.82) is 0 Å². The third-order valence-electron chi connectivity index (χ3n) is 5.32. The lowest BCUT2D eigenvalue weighted by molar-refractivity contribution is -0.125. The fraction of sp³-hybridized carbons (Fsp3) is 0.550. The van der Waals surface area contributed by atoms with Crippen LogP contribution in [0.5, 0.6) is 5.75 Å². The molecule has 0 saturated heterocycles. The molecule has 1 atom stereocenters. The van der Waals surface area contributed by atoms with Gasteiger partial charge in [-0.05, 0) is 31.5 Å². The third kappa shape index (κ3) is 3.96. The molecule has 2 N–H and O–H groups in total. The van der Waals surface area contributed by atoms with E-state index >= 15 is 0 Å². The maximum absolute atomic E-state index is 13.0. The number of hydrogen-bond acceptors (Lipinski definition) is 6. The summed E-state index contributed by atoms with van der Waals surface area (Å²) in [6, 6.07) is 3.06. The summed E-state index contributed by atoms with van der Waals surface area (Å²) in [4.78, 5) is 39.9. The molecule has 1 aromatic carbocycles.